The third-order valence-corrected chi connectivity index (χ3v) is 5.54. The van der Waals surface area contributed by atoms with Gasteiger partial charge in [-0.15, -0.1) is 11.3 Å². The van der Waals surface area contributed by atoms with E-state index < -0.39 is 5.63 Å². The molecule has 0 amide bonds. The van der Waals surface area contributed by atoms with Crippen LogP contribution in [0.5, 0.6) is 11.5 Å². The van der Waals surface area contributed by atoms with Crippen LogP contribution in [-0.4, -0.2) is 18.2 Å². The fourth-order valence-electron chi connectivity index (χ4n) is 3.23. The van der Waals surface area contributed by atoms with Crippen molar-refractivity contribution >= 4 is 34.0 Å². The van der Waals surface area contributed by atoms with E-state index in [1.165, 1.54) is 11.3 Å². The van der Waals surface area contributed by atoms with Crippen LogP contribution in [0.1, 0.15) is 24.4 Å². The van der Waals surface area contributed by atoms with Crippen LogP contribution in [0.4, 0.5) is 0 Å². The summed E-state index contributed by atoms with van der Waals surface area (Å²) in [6.07, 6.45) is 1.73. The van der Waals surface area contributed by atoms with Crippen LogP contribution in [0, 0.1) is 11.3 Å². The van der Waals surface area contributed by atoms with Crippen molar-refractivity contribution in [2.24, 2.45) is 0 Å². The topological polar surface area (TPSA) is 85.4 Å². The largest absolute Gasteiger partial charge is 0.494 e. The zero-order chi connectivity index (χ0) is 22.5. The van der Waals surface area contributed by atoms with Crippen molar-refractivity contribution in [1.82, 2.24) is 4.98 Å². The zero-order valence-electron chi connectivity index (χ0n) is 17.6. The summed E-state index contributed by atoms with van der Waals surface area (Å²) < 4.78 is 16.7. The van der Waals surface area contributed by atoms with Crippen LogP contribution < -0.4 is 15.1 Å². The Hall–Kier alpha value is -3.89. The normalized spacial score (nSPS) is 11.3. The lowest BCUT2D eigenvalue weighted by Crippen LogP contribution is -2.02. The van der Waals surface area contributed by atoms with Crippen molar-refractivity contribution in [3.8, 4) is 28.8 Å². The minimum Gasteiger partial charge on any atom is -0.494 e. The molecule has 4 rings (SSSR count). The number of hydrogen-bond acceptors (Lipinski definition) is 7. The predicted molar refractivity (Wildman–Crippen MR) is 126 cm³/mol. The fourth-order valence-corrected chi connectivity index (χ4v) is 4.02. The monoisotopic (exact) mass is 444 g/mol. The van der Waals surface area contributed by atoms with Gasteiger partial charge in [0.05, 0.1) is 30.0 Å². The van der Waals surface area contributed by atoms with Crippen molar-refractivity contribution in [2.45, 2.75) is 13.8 Å². The van der Waals surface area contributed by atoms with Gasteiger partial charge < -0.3 is 13.9 Å². The number of fused-ring (bicyclic) bond motifs is 1. The molecule has 32 heavy (non-hydrogen) atoms. The van der Waals surface area contributed by atoms with E-state index in [2.05, 4.69) is 11.1 Å². The molecule has 0 spiro atoms. The Labute approximate surface area is 189 Å². The highest BCUT2D eigenvalue weighted by atomic mass is 32.1. The smallest absolute Gasteiger partial charge is 0.345 e. The summed E-state index contributed by atoms with van der Waals surface area (Å²) >= 11 is 1.29. The Bertz CT molecular complexity index is 1400. The predicted octanol–water partition coefficient (Wildman–Crippen LogP) is 5.78. The van der Waals surface area contributed by atoms with E-state index in [0.717, 1.165) is 10.9 Å². The first-order valence-corrected chi connectivity index (χ1v) is 11.0. The van der Waals surface area contributed by atoms with Crippen LogP contribution in [0.15, 0.2) is 63.1 Å². The SMILES string of the molecule is CCOc1ccc(/C=C(\C#N)c2nc(-c3cc4ccccc4oc3=O)cs2)c(OCC)c1. The van der Waals surface area contributed by atoms with E-state index in [4.69, 9.17) is 13.9 Å². The second-order valence-corrected chi connectivity index (χ2v) is 7.62. The highest BCUT2D eigenvalue weighted by Gasteiger charge is 2.15. The molecule has 2 aromatic heterocycles. The molecule has 4 aromatic rings. The number of ether oxygens (including phenoxy) is 2. The lowest BCUT2D eigenvalue weighted by atomic mass is 10.1. The first-order chi connectivity index (χ1) is 15.6. The minimum atomic E-state index is -0.465. The Kier molecular flexibility index (Phi) is 6.34. The van der Waals surface area contributed by atoms with Crippen LogP contribution in [0.3, 0.4) is 0 Å². The van der Waals surface area contributed by atoms with Gasteiger partial charge in [0.25, 0.3) is 0 Å². The number of nitrogens with zero attached hydrogens (tertiary/aromatic N) is 2. The Morgan fingerprint density at radius 1 is 1.16 bits per heavy atom. The molecule has 6 nitrogen and oxygen atoms in total. The zero-order valence-corrected chi connectivity index (χ0v) is 18.4. The standard InChI is InChI=1S/C25H20N2O4S/c1-3-29-19-10-9-17(23(13-19)30-4-2)11-18(14-26)24-27-21(15-32-24)20-12-16-7-5-6-8-22(16)31-25(20)28/h5-13,15H,3-4H2,1-2H3/b18-11+. The number of hydrogen-bond donors (Lipinski definition) is 0. The third kappa shape index (κ3) is 4.41. The molecule has 160 valence electrons. The third-order valence-electron chi connectivity index (χ3n) is 4.67. The van der Waals surface area contributed by atoms with Crippen molar-refractivity contribution in [3.63, 3.8) is 0 Å². The van der Waals surface area contributed by atoms with Crippen molar-refractivity contribution in [1.29, 1.82) is 5.26 Å². The summed E-state index contributed by atoms with van der Waals surface area (Å²) in [6.45, 7) is 4.85. The average Bonchev–Trinajstić information content (AvgIpc) is 3.28. The summed E-state index contributed by atoms with van der Waals surface area (Å²) in [5.74, 6) is 1.32. The molecule has 0 fully saturated rings. The maximum absolute atomic E-state index is 12.5. The van der Waals surface area contributed by atoms with E-state index in [9.17, 15) is 10.1 Å². The van der Waals surface area contributed by atoms with Crippen molar-refractivity contribution in [2.75, 3.05) is 13.2 Å². The highest BCUT2D eigenvalue weighted by Crippen LogP contribution is 2.31. The molecule has 0 radical (unpaired) electrons. The van der Waals surface area contributed by atoms with Gasteiger partial charge in [-0.25, -0.2) is 9.78 Å². The van der Waals surface area contributed by atoms with Gasteiger partial charge in [-0.3, -0.25) is 0 Å². The molecule has 0 bridgehead atoms. The molecule has 0 N–H and O–H groups in total. The second kappa shape index (κ2) is 9.50. The molecule has 2 heterocycles. The Morgan fingerprint density at radius 2 is 1.97 bits per heavy atom. The molecular weight excluding hydrogens is 424 g/mol. The molecule has 2 aromatic carbocycles. The summed E-state index contributed by atoms with van der Waals surface area (Å²) in [7, 11) is 0. The second-order valence-electron chi connectivity index (χ2n) is 6.76. The number of rotatable bonds is 7. The molecule has 0 saturated carbocycles. The van der Waals surface area contributed by atoms with E-state index in [1.54, 1.807) is 29.7 Å². The Morgan fingerprint density at radius 3 is 2.75 bits per heavy atom. The lowest BCUT2D eigenvalue weighted by molar-refractivity contribution is 0.322. The van der Waals surface area contributed by atoms with Gasteiger partial charge in [0.2, 0.25) is 0 Å². The highest BCUT2D eigenvalue weighted by molar-refractivity contribution is 7.11. The molecule has 0 saturated heterocycles. The number of thiazole rings is 1. The summed E-state index contributed by atoms with van der Waals surface area (Å²) in [6, 6.07) is 16.8. The van der Waals surface area contributed by atoms with Gasteiger partial charge in [0.1, 0.15) is 28.2 Å². The molecule has 0 aliphatic heterocycles. The molecule has 0 atom stereocenters. The number of nitriles is 1. The van der Waals surface area contributed by atoms with Crippen LogP contribution >= 0.6 is 11.3 Å². The average molecular weight is 445 g/mol. The van der Waals surface area contributed by atoms with Gasteiger partial charge in [0.15, 0.2) is 0 Å². The minimum absolute atomic E-state index is 0.361. The van der Waals surface area contributed by atoms with Crippen LogP contribution in [0.25, 0.3) is 33.9 Å². The maximum Gasteiger partial charge on any atom is 0.345 e. The van der Waals surface area contributed by atoms with Gasteiger partial charge in [-0.1, -0.05) is 18.2 Å². The Balaban J connectivity index is 1.72. The molecular formula is C25H20N2O4S. The van der Waals surface area contributed by atoms with Crippen molar-refractivity contribution < 1.29 is 13.9 Å². The fraction of sp³-hybridized carbons (Fsp3) is 0.160. The van der Waals surface area contributed by atoms with E-state index in [0.29, 0.717) is 52.1 Å². The summed E-state index contributed by atoms with van der Waals surface area (Å²) in [4.78, 5) is 17.0. The van der Waals surface area contributed by atoms with Gasteiger partial charge in [-0.2, -0.15) is 5.26 Å². The van der Waals surface area contributed by atoms with Gasteiger partial charge >= 0.3 is 5.63 Å². The van der Waals surface area contributed by atoms with Gasteiger partial charge in [-0.05, 0) is 44.2 Å². The lowest BCUT2D eigenvalue weighted by Gasteiger charge is -2.10. The molecule has 0 aliphatic carbocycles. The summed E-state index contributed by atoms with van der Waals surface area (Å²) in [5, 5.41) is 12.8. The quantitative estimate of drug-likeness (QED) is 0.265. The number of aromatic nitrogens is 1. The molecule has 7 heteroatoms. The van der Waals surface area contributed by atoms with Crippen LogP contribution in [-0.2, 0) is 0 Å². The van der Waals surface area contributed by atoms with E-state index in [1.807, 2.05) is 44.2 Å². The maximum atomic E-state index is 12.5. The van der Waals surface area contributed by atoms with Gasteiger partial charge in [0, 0.05) is 22.4 Å². The van der Waals surface area contributed by atoms with E-state index in [-0.39, 0.29) is 0 Å². The number of benzene rings is 2. The molecule has 0 aliphatic rings. The first kappa shape index (κ1) is 21.3. The van der Waals surface area contributed by atoms with Crippen LogP contribution in [0.2, 0.25) is 0 Å². The molecule has 0 unspecified atom stereocenters. The first-order valence-electron chi connectivity index (χ1n) is 10.1. The van der Waals surface area contributed by atoms with Crippen molar-refractivity contribution in [3.05, 3.63) is 74.9 Å². The number of para-hydroxylation sites is 1. The van der Waals surface area contributed by atoms with E-state index >= 15 is 0 Å². The number of allylic oxidation sites excluding steroid dienone is 1. The summed E-state index contributed by atoms with van der Waals surface area (Å²) in [5.41, 5.74) is 2.01.